The van der Waals surface area contributed by atoms with E-state index in [2.05, 4.69) is 5.32 Å². The fourth-order valence-electron chi connectivity index (χ4n) is 2.52. The first-order chi connectivity index (χ1) is 8.73. The standard InChI is InChI=1S/C13H21NO5/c1-4-5-6-7(11(16)17)14-10(15)8-9(12(18)19)13(8,2)3/h7-9H,4-6H2,1-3H3,(H,14,15)(H,16,17)(H,18,19)/t7-,8-,9+/m0/s1. The maximum Gasteiger partial charge on any atom is 0.326 e. The van der Waals surface area contributed by atoms with Gasteiger partial charge in [0.25, 0.3) is 0 Å². The third-order valence-electron chi connectivity index (χ3n) is 3.84. The average molecular weight is 271 g/mol. The maximum atomic E-state index is 12.0. The lowest BCUT2D eigenvalue weighted by Gasteiger charge is -2.14. The van der Waals surface area contributed by atoms with Crippen LogP contribution < -0.4 is 5.32 Å². The summed E-state index contributed by atoms with van der Waals surface area (Å²) in [7, 11) is 0. The Morgan fingerprint density at radius 1 is 1.21 bits per heavy atom. The van der Waals surface area contributed by atoms with Crippen LogP contribution in [0.25, 0.3) is 0 Å². The molecule has 6 heteroatoms. The Kier molecular flexibility index (Phi) is 4.55. The zero-order chi connectivity index (χ0) is 14.8. The largest absolute Gasteiger partial charge is 0.481 e. The molecule has 0 unspecified atom stereocenters. The fourth-order valence-corrected chi connectivity index (χ4v) is 2.52. The Morgan fingerprint density at radius 3 is 2.16 bits per heavy atom. The minimum atomic E-state index is -1.08. The number of rotatable bonds is 7. The van der Waals surface area contributed by atoms with Gasteiger partial charge in [-0.25, -0.2) is 4.79 Å². The highest BCUT2D eigenvalue weighted by molar-refractivity contribution is 5.93. The summed E-state index contributed by atoms with van der Waals surface area (Å²) >= 11 is 0. The van der Waals surface area contributed by atoms with Crippen LogP contribution in [-0.2, 0) is 14.4 Å². The number of carbonyl (C=O) groups excluding carboxylic acids is 1. The van der Waals surface area contributed by atoms with E-state index in [1.807, 2.05) is 6.92 Å². The first-order valence-corrected chi connectivity index (χ1v) is 6.49. The van der Waals surface area contributed by atoms with Crippen molar-refractivity contribution in [3.05, 3.63) is 0 Å². The van der Waals surface area contributed by atoms with Gasteiger partial charge in [0.1, 0.15) is 6.04 Å². The van der Waals surface area contributed by atoms with E-state index < -0.39 is 41.1 Å². The SMILES string of the molecule is CCCC[C@H](NC(=O)[C@@H]1[C@H](C(=O)O)C1(C)C)C(=O)O. The molecule has 3 atom stereocenters. The number of carbonyl (C=O) groups is 3. The van der Waals surface area contributed by atoms with E-state index in [9.17, 15) is 14.4 Å². The molecule has 0 heterocycles. The molecular formula is C13H21NO5. The predicted octanol–water partition coefficient (Wildman–Crippen LogP) is 1.10. The van der Waals surface area contributed by atoms with Crippen LogP contribution in [0.2, 0.25) is 0 Å². The predicted molar refractivity (Wildman–Crippen MR) is 67.5 cm³/mol. The summed E-state index contributed by atoms with van der Waals surface area (Å²) in [6, 6.07) is -0.932. The van der Waals surface area contributed by atoms with Gasteiger partial charge in [-0.2, -0.15) is 0 Å². The zero-order valence-electron chi connectivity index (χ0n) is 11.5. The summed E-state index contributed by atoms with van der Waals surface area (Å²) in [6.07, 6.45) is 1.91. The van der Waals surface area contributed by atoms with Crippen LogP contribution in [0.3, 0.4) is 0 Å². The second-order valence-corrected chi connectivity index (χ2v) is 5.66. The molecule has 0 aliphatic heterocycles. The normalized spacial score (nSPS) is 25.4. The van der Waals surface area contributed by atoms with E-state index in [-0.39, 0.29) is 0 Å². The van der Waals surface area contributed by atoms with Gasteiger partial charge in [0.05, 0.1) is 11.8 Å². The summed E-state index contributed by atoms with van der Waals surface area (Å²) in [5.74, 6) is -3.93. The van der Waals surface area contributed by atoms with Crippen molar-refractivity contribution in [1.82, 2.24) is 5.32 Å². The quantitative estimate of drug-likeness (QED) is 0.643. The van der Waals surface area contributed by atoms with Gasteiger partial charge in [-0.05, 0) is 11.8 Å². The average Bonchev–Trinajstić information content (AvgIpc) is 2.87. The molecule has 1 saturated carbocycles. The van der Waals surface area contributed by atoms with E-state index >= 15 is 0 Å². The summed E-state index contributed by atoms with van der Waals surface area (Å²) in [5.41, 5.74) is -0.607. The molecule has 1 fully saturated rings. The number of carboxylic acid groups (broad SMARTS) is 2. The first kappa shape index (κ1) is 15.5. The van der Waals surface area contributed by atoms with Gasteiger partial charge in [-0.15, -0.1) is 0 Å². The number of carboxylic acids is 2. The Labute approximate surface area is 112 Å². The number of amides is 1. The third kappa shape index (κ3) is 3.24. The van der Waals surface area contributed by atoms with Gasteiger partial charge >= 0.3 is 11.9 Å². The van der Waals surface area contributed by atoms with Crippen LogP contribution in [-0.4, -0.2) is 34.1 Å². The molecule has 0 radical (unpaired) electrons. The minimum absolute atomic E-state index is 0.364. The molecule has 19 heavy (non-hydrogen) atoms. The van der Waals surface area contributed by atoms with Crippen molar-refractivity contribution in [1.29, 1.82) is 0 Å². The molecule has 1 aliphatic carbocycles. The van der Waals surface area contributed by atoms with E-state index in [1.165, 1.54) is 0 Å². The van der Waals surface area contributed by atoms with E-state index in [4.69, 9.17) is 10.2 Å². The maximum absolute atomic E-state index is 12.0. The van der Waals surface area contributed by atoms with Crippen LogP contribution in [0.15, 0.2) is 0 Å². The molecule has 6 nitrogen and oxygen atoms in total. The fraction of sp³-hybridized carbons (Fsp3) is 0.769. The molecular weight excluding hydrogens is 250 g/mol. The van der Waals surface area contributed by atoms with Crippen LogP contribution in [0, 0.1) is 17.3 Å². The molecule has 0 aromatic carbocycles. The van der Waals surface area contributed by atoms with Crippen molar-refractivity contribution in [3.63, 3.8) is 0 Å². The third-order valence-corrected chi connectivity index (χ3v) is 3.84. The summed E-state index contributed by atoms with van der Waals surface area (Å²) in [4.78, 5) is 34.0. The van der Waals surface area contributed by atoms with Crippen molar-refractivity contribution >= 4 is 17.8 Å². The van der Waals surface area contributed by atoms with Crippen LogP contribution in [0.5, 0.6) is 0 Å². The molecule has 108 valence electrons. The van der Waals surface area contributed by atoms with Crippen molar-refractivity contribution in [3.8, 4) is 0 Å². The molecule has 0 saturated heterocycles. The van der Waals surface area contributed by atoms with Crippen LogP contribution in [0.4, 0.5) is 0 Å². The number of hydrogen-bond acceptors (Lipinski definition) is 3. The highest BCUT2D eigenvalue weighted by Crippen LogP contribution is 2.58. The summed E-state index contributed by atoms with van der Waals surface area (Å²) in [6.45, 7) is 5.35. The highest BCUT2D eigenvalue weighted by Gasteiger charge is 2.66. The van der Waals surface area contributed by atoms with Crippen molar-refractivity contribution in [2.45, 2.75) is 46.1 Å². The van der Waals surface area contributed by atoms with Gasteiger partial charge in [0.15, 0.2) is 0 Å². The Bertz CT molecular complexity index is 390. The molecule has 1 rings (SSSR count). The molecule has 0 aromatic rings. The number of nitrogens with one attached hydrogen (secondary N) is 1. The van der Waals surface area contributed by atoms with Crippen molar-refractivity contribution in [2.24, 2.45) is 17.3 Å². The van der Waals surface area contributed by atoms with Crippen LogP contribution >= 0.6 is 0 Å². The highest BCUT2D eigenvalue weighted by atomic mass is 16.4. The zero-order valence-corrected chi connectivity index (χ0v) is 11.5. The smallest absolute Gasteiger partial charge is 0.326 e. The minimum Gasteiger partial charge on any atom is -0.481 e. The monoisotopic (exact) mass is 271 g/mol. The summed E-state index contributed by atoms with van der Waals surface area (Å²) < 4.78 is 0. The number of unbranched alkanes of at least 4 members (excludes halogenated alkanes) is 1. The van der Waals surface area contributed by atoms with Gasteiger partial charge in [0.2, 0.25) is 5.91 Å². The van der Waals surface area contributed by atoms with E-state index in [0.717, 1.165) is 6.42 Å². The summed E-state index contributed by atoms with van der Waals surface area (Å²) in [5, 5.41) is 20.5. The van der Waals surface area contributed by atoms with Crippen molar-refractivity contribution in [2.75, 3.05) is 0 Å². The first-order valence-electron chi connectivity index (χ1n) is 6.49. The molecule has 3 N–H and O–H groups in total. The lowest BCUT2D eigenvalue weighted by molar-refractivity contribution is -0.142. The lowest BCUT2D eigenvalue weighted by Crippen LogP contribution is -2.42. The van der Waals surface area contributed by atoms with Gasteiger partial charge in [-0.1, -0.05) is 33.6 Å². The Hall–Kier alpha value is -1.59. The van der Waals surface area contributed by atoms with Gasteiger partial charge < -0.3 is 15.5 Å². The molecule has 1 aliphatic rings. The Morgan fingerprint density at radius 2 is 1.79 bits per heavy atom. The molecule has 0 aromatic heterocycles. The van der Waals surface area contributed by atoms with Crippen LogP contribution in [0.1, 0.15) is 40.0 Å². The number of aliphatic carboxylic acids is 2. The Balaban J connectivity index is 2.64. The van der Waals surface area contributed by atoms with Crippen molar-refractivity contribution < 1.29 is 24.6 Å². The molecule has 0 bridgehead atoms. The van der Waals surface area contributed by atoms with E-state index in [1.54, 1.807) is 13.8 Å². The van der Waals surface area contributed by atoms with Gasteiger partial charge in [-0.3, -0.25) is 9.59 Å². The number of hydrogen-bond donors (Lipinski definition) is 3. The molecule has 0 spiro atoms. The lowest BCUT2D eigenvalue weighted by atomic mass is 10.1. The van der Waals surface area contributed by atoms with Gasteiger partial charge in [0, 0.05) is 0 Å². The second-order valence-electron chi connectivity index (χ2n) is 5.66. The topological polar surface area (TPSA) is 104 Å². The van der Waals surface area contributed by atoms with E-state index in [0.29, 0.717) is 12.8 Å². The molecule has 1 amide bonds. The second kappa shape index (κ2) is 5.59.